The Balaban J connectivity index is 2.31. The van der Waals surface area contributed by atoms with Crippen molar-refractivity contribution in [2.24, 2.45) is 0 Å². The summed E-state index contributed by atoms with van der Waals surface area (Å²) in [6, 6.07) is 4.44. The molecule has 0 spiro atoms. The van der Waals surface area contributed by atoms with Crippen LogP contribution in [0, 0.1) is 0 Å². The van der Waals surface area contributed by atoms with Crippen LogP contribution in [0.15, 0.2) is 18.2 Å². The number of hydrogen-bond acceptors (Lipinski definition) is 5. The molecule has 1 aliphatic heterocycles. The number of anilines is 2. The highest BCUT2D eigenvalue weighted by Gasteiger charge is 2.18. The first-order chi connectivity index (χ1) is 9.08. The molecule has 0 amide bonds. The van der Waals surface area contributed by atoms with E-state index in [0.717, 1.165) is 0 Å². The van der Waals surface area contributed by atoms with Crippen molar-refractivity contribution in [2.45, 2.75) is 0 Å². The average Bonchev–Trinajstić information content (AvgIpc) is 2.39. The summed E-state index contributed by atoms with van der Waals surface area (Å²) in [5.74, 6) is -1.10. The van der Waals surface area contributed by atoms with E-state index in [0.29, 0.717) is 32.0 Å². The zero-order valence-corrected chi connectivity index (χ0v) is 10.8. The predicted molar refractivity (Wildman–Crippen MR) is 69.0 cm³/mol. The van der Waals surface area contributed by atoms with Gasteiger partial charge in [-0.2, -0.15) is 0 Å². The minimum atomic E-state index is -2.48. The van der Waals surface area contributed by atoms with Crippen LogP contribution in [-0.4, -0.2) is 46.1 Å². The van der Waals surface area contributed by atoms with E-state index in [1.54, 1.807) is 6.07 Å². The van der Waals surface area contributed by atoms with E-state index >= 15 is 0 Å². The molecule has 1 heterocycles. The third-order valence-corrected chi connectivity index (χ3v) is 3.18. The second kappa shape index (κ2) is 6.00. The second-order valence-electron chi connectivity index (χ2n) is 3.97. The van der Waals surface area contributed by atoms with E-state index < -0.39 is 17.2 Å². The maximum absolute atomic E-state index is 11.3. The Kier molecular flexibility index (Phi) is 4.35. The molecule has 1 fully saturated rings. The van der Waals surface area contributed by atoms with Gasteiger partial charge in [-0.1, -0.05) is 0 Å². The summed E-state index contributed by atoms with van der Waals surface area (Å²) in [5.41, 5.74) is 0.859. The first-order valence-electron chi connectivity index (χ1n) is 5.64. The van der Waals surface area contributed by atoms with Crippen LogP contribution in [0.1, 0.15) is 10.4 Å². The Morgan fingerprint density at radius 3 is 2.68 bits per heavy atom. The maximum atomic E-state index is 11.3. The molecule has 1 aromatic rings. The number of benzene rings is 1. The summed E-state index contributed by atoms with van der Waals surface area (Å²) < 4.78 is 28.5. The third kappa shape index (κ3) is 3.43. The molecule has 19 heavy (non-hydrogen) atoms. The van der Waals surface area contributed by atoms with E-state index in [2.05, 4.69) is 4.72 Å². The van der Waals surface area contributed by atoms with Crippen LogP contribution in [0.5, 0.6) is 0 Å². The molecule has 1 aromatic carbocycles. The summed E-state index contributed by atoms with van der Waals surface area (Å²) in [4.78, 5) is 13.2. The van der Waals surface area contributed by atoms with E-state index in [1.165, 1.54) is 12.1 Å². The standard InChI is InChI=1S/C11H14N2O5S/c14-11(15)9-7-8(12-19(16)17)1-2-10(9)13-3-5-18-6-4-13/h1-2,7,12H,3-6H2,(H,14,15)(H,16,17)/p-1. The lowest BCUT2D eigenvalue weighted by atomic mass is 10.1. The number of nitrogens with zero attached hydrogens (tertiary/aromatic N) is 1. The number of nitrogens with one attached hydrogen (secondary N) is 1. The van der Waals surface area contributed by atoms with E-state index in [4.69, 9.17) is 4.74 Å². The monoisotopic (exact) mass is 285 g/mol. The molecular weight excluding hydrogens is 272 g/mol. The lowest BCUT2D eigenvalue weighted by Crippen LogP contribution is -2.37. The van der Waals surface area contributed by atoms with Gasteiger partial charge in [0.05, 0.1) is 24.5 Å². The molecule has 1 saturated heterocycles. The number of carboxylic acid groups (broad SMARTS) is 1. The Bertz CT molecular complexity index is 502. The molecule has 1 atom stereocenters. The third-order valence-electron chi connectivity index (χ3n) is 2.78. The number of morpholine rings is 1. The topological polar surface area (TPSA) is 102 Å². The van der Waals surface area contributed by atoms with Crippen molar-refractivity contribution in [1.29, 1.82) is 0 Å². The van der Waals surface area contributed by atoms with Gasteiger partial charge in [-0.25, -0.2) is 4.79 Å². The first-order valence-corrected chi connectivity index (χ1v) is 6.71. The van der Waals surface area contributed by atoms with E-state index in [9.17, 15) is 18.7 Å². The lowest BCUT2D eigenvalue weighted by Gasteiger charge is -2.30. The van der Waals surface area contributed by atoms with Crippen LogP contribution < -0.4 is 9.62 Å². The van der Waals surface area contributed by atoms with Crippen molar-refractivity contribution in [1.82, 2.24) is 0 Å². The number of rotatable bonds is 4. The summed E-state index contributed by atoms with van der Waals surface area (Å²) in [5, 5.41) is 9.22. The van der Waals surface area contributed by atoms with Crippen LogP contribution in [0.25, 0.3) is 0 Å². The fraction of sp³-hybridized carbons (Fsp3) is 0.364. The van der Waals surface area contributed by atoms with Crippen molar-refractivity contribution in [2.75, 3.05) is 35.9 Å². The highest BCUT2D eigenvalue weighted by molar-refractivity contribution is 7.80. The van der Waals surface area contributed by atoms with Crippen molar-refractivity contribution in [3.8, 4) is 0 Å². The van der Waals surface area contributed by atoms with Gasteiger partial charge >= 0.3 is 5.97 Å². The Morgan fingerprint density at radius 1 is 1.42 bits per heavy atom. The van der Waals surface area contributed by atoms with Gasteiger partial charge in [0.25, 0.3) is 0 Å². The van der Waals surface area contributed by atoms with Crippen LogP contribution in [0.4, 0.5) is 11.4 Å². The van der Waals surface area contributed by atoms with Crippen molar-refractivity contribution >= 4 is 28.6 Å². The van der Waals surface area contributed by atoms with Crippen molar-refractivity contribution < 1.29 is 23.4 Å². The summed E-state index contributed by atoms with van der Waals surface area (Å²) in [7, 11) is 0. The SMILES string of the molecule is O=C(O)c1cc(NS(=O)[O-])ccc1N1CCOCC1. The smallest absolute Gasteiger partial charge is 0.337 e. The van der Waals surface area contributed by atoms with Crippen molar-refractivity contribution in [3.63, 3.8) is 0 Å². The Morgan fingerprint density at radius 2 is 2.11 bits per heavy atom. The van der Waals surface area contributed by atoms with Crippen LogP contribution in [0.3, 0.4) is 0 Å². The molecule has 104 valence electrons. The molecule has 1 unspecified atom stereocenters. The Hall–Kier alpha value is -1.64. The van der Waals surface area contributed by atoms with Gasteiger partial charge in [0.15, 0.2) is 0 Å². The zero-order chi connectivity index (χ0) is 13.8. The quantitative estimate of drug-likeness (QED) is 0.778. The molecule has 1 aliphatic rings. The zero-order valence-electron chi connectivity index (χ0n) is 10.00. The van der Waals surface area contributed by atoms with Gasteiger partial charge in [0, 0.05) is 30.0 Å². The highest BCUT2D eigenvalue weighted by Crippen LogP contribution is 2.25. The second-order valence-corrected chi connectivity index (χ2v) is 4.65. The molecule has 7 nitrogen and oxygen atoms in total. The average molecular weight is 285 g/mol. The lowest BCUT2D eigenvalue weighted by molar-refractivity contribution is 0.0696. The fourth-order valence-corrected chi connectivity index (χ4v) is 2.27. The summed E-state index contributed by atoms with van der Waals surface area (Å²) in [6.45, 7) is 2.31. The largest absolute Gasteiger partial charge is 0.755 e. The van der Waals surface area contributed by atoms with Gasteiger partial charge in [-0.15, -0.1) is 0 Å². The minimum Gasteiger partial charge on any atom is -0.755 e. The molecule has 2 N–H and O–H groups in total. The fourth-order valence-electron chi connectivity index (χ4n) is 1.95. The van der Waals surface area contributed by atoms with Gasteiger partial charge in [-0.3, -0.25) is 4.21 Å². The van der Waals surface area contributed by atoms with Crippen LogP contribution in [-0.2, 0) is 16.0 Å². The van der Waals surface area contributed by atoms with E-state index in [-0.39, 0.29) is 11.3 Å². The molecule has 0 aliphatic carbocycles. The van der Waals surface area contributed by atoms with Crippen LogP contribution in [0.2, 0.25) is 0 Å². The predicted octanol–water partition coefficient (Wildman–Crippen LogP) is 0.427. The molecule has 2 rings (SSSR count). The summed E-state index contributed by atoms with van der Waals surface area (Å²) >= 11 is -2.48. The van der Waals surface area contributed by atoms with Gasteiger partial charge < -0.3 is 24.0 Å². The molecular formula is C11H13N2O5S-. The Labute approximate surface area is 112 Å². The molecule has 0 radical (unpaired) electrons. The summed E-state index contributed by atoms with van der Waals surface area (Å²) in [6.07, 6.45) is 0. The molecule has 0 bridgehead atoms. The highest BCUT2D eigenvalue weighted by atomic mass is 32.2. The van der Waals surface area contributed by atoms with E-state index in [1.807, 2.05) is 4.90 Å². The normalized spacial score (nSPS) is 17.0. The molecule has 0 aromatic heterocycles. The minimum absolute atomic E-state index is 0.0670. The number of carbonyl (C=O) groups is 1. The number of aromatic carboxylic acids is 1. The van der Waals surface area contributed by atoms with Gasteiger partial charge in [0.1, 0.15) is 0 Å². The first kappa shape index (κ1) is 13.8. The van der Waals surface area contributed by atoms with Crippen LogP contribution >= 0.6 is 0 Å². The number of hydrogen-bond donors (Lipinski definition) is 2. The van der Waals surface area contributed by atoms with Crippen molar-refractivity contribution in [3.05, 3.63) is 23.8 Å². The number of carboxylic acids is 1. The maximum Gasteiger partial charge on any atom is 0.337 e. The molecule has 8 heteroatoms. The number of ether oxygens (including phenoxy) is 1. The van der Waals surface area contributed by atoms with Gasteiger partial charge in [0.2, 0.25) is 0 Å². The van der Waals surface area contributed by atoms with Gasteiger partial charge in [-0.05, 0) is 18.2 Å². The molecule has 0 saturated carbocycles.